The van der Waals surface area contributed by atoms with Crippen molar-refractivity contribution in [3.8, 4) is 0 Å². The smallest absolute Gasteiger partial charge is 0.258 e. The minimum atomic E-state index is -0.282. The van der Waals surface area contributed by atoms with Gasteiger partial charge in [-0.15, -0.1) is 0 Å². The van der Waals surface area contributed by atoms with E-state index in [4.69, 9.17) is 23.8 Å². The highest BCUT2D eigenvalue weighted by Crippen LogP contribution is 2.26. The number of hydrogen-bond donors (Lipinski definition) is 2. The van der Waals surface area contributed by atoms with Crippen molar-refractivity contribution in [2.45, 2.75) is 0 Å². The average molecular weight is 420 g/mol. The average Bonchev–Trinajstić information content (AvgIpc) is 2.54. The summed E-state index contributed by atoms with van der Waals surface area (Å²) in [5.41, 5.74) is 1.31. The Balaban J connectivity index is 1.80. The number of anilines is 1. The summed E-state index contributed by atoms with van der Waals surface area (Å²) in [5.74, 6) is -0.282. The summed E-state index contributed by atoms with van der Waals surface area (Å²) in [7, 11) is 0. The highest BCUT2D eigenvalue weighted by molar-refractivity contribution is 9.10. The molecule has 1 amide bonds. The first-order chi connectivity index (χ1) is 11.5. The molecule has 0 fully saturated rings. The summed E-state index contributed by atoms with van der Waals surface area (Å²) in [4.78, 5) is 12.5. The molecule has 0 spiro atoms. The van der Waals surface area contributed by atoms with Crippen molar-refractivity contribution >= 4 is 67.2 Å². The molecule has 3 aromatic rings. The van der Waals surface area contributed by atoms with Crippen LogP contribution in [0, 0.1) is 0 Å². The molecular weight excluding hydrogens is 408 g/mol. The van der Waals surface area contributed by atoms with E-state index < -0.39 is 0 Å². The monoisotopic (exact) mass is 418 g/mol. The van der Waals surface area contributed by atoms with Gasteiger partial charge in [0.15, 0.2) is 5.11 Å². The number of fused-ring (bicyclic) bond motifs is 1. The largest absolute Gasteiger partial charge is 0.332 e. The summed E-state index contributed by atoms with van der Waals surface area (Å²) in [6.45, 7) is 0. The Labute approximate surface area is 158 Å². The lowest BCUT2D eigenvalue weighted by molar-refractivity contribution is 0.0979. The Bertz CT molecular complexity index is 945. The van der Waals surface area contributed by atoms with Crippen LogP contribution in [0.1, 0.15) is 10.4 Å². The first-order valence-corrected chi connectivity index (χ1v) is 8.67. The standard InChI is InChI=1S/C18H12BrClN2OS/c19-11-4-1-5-12(10-11)21-18(24)22-17(23)15-8-2-7-14-13(15)6-3-9-16(14)20/h1-10H,(H2,21,22,23,24). The number of thiocarbonyl (C=S) groups is 1. The lowest BCUT2D eigenvalue weighted by atomic mass is 10.0. The zero-order valence-corrected chi connectivity index (χ0v) is 15.5. The van der Waals surface area contributed by atoms with E-state index in [1.807, 2.05) is 42.5 Å². The highest BCUT2D eigenvalue weighted by Gasteiger charge is 2.12. The SMILES string of the molecule is O=C(NC(=S)Nc1cccc(Br)c1)c1cccc2c(Cl)cccc12. The van der Waals surface area contributed by atoms with Gasteiger partial charge < -0.3 is 5.32 Å². The number of amides is 1. The van der Waals surface area contributed by atoms with Gasteiger partial charge in [0.05, 0.1) is 0 Å². The van der Waals surface area contributed by atoms with Gasteiger partial charge in [0.2, 0.25) is 0 Å². The number of nitrogens with one attached hydrogen (secondary N) is 2. The maximum atomic E-state index is 12.5. The van der Waals surface area contributed by atoms with Crippen molar-refractivity contribution in [2.24, 2.45) is 0 Å². The molecule has 2 N–H and O–H groups in total. The van der Waals surface area contributed by atoms with Crippen LogP contribution in [0.3, 0.4) is 0 Å². The second-order valence-corrected chi connectivity index (χ2v) is 6.79. The fourth-order valence-electron chi connectivity index (χ4n) is 2.37. The molecule has 0 bridgehead atoms. The van der Waals surface area contributed by atoms with Crippen LogP contribution in [-0.2, 0) is 0 Å². The lowest BCUT2D eigenvalue weighted by Gasteiger charge is -2.11. The van der Waals surface area contributed by atoms with Gasteiger partial charge >= 0.3 is 0 Å². The predicted molar refractivity (Wildman–Crippen MR) is 107 cm³/mol. The van der Waals surface area contributed by atoms with Gasteiger partial charge in [-0.3, -0.25) is 10.1 Å². The summed E-state index contributed by atoms with van der Waals surface area (Å²) in [6, 6.07) is 18.4. The van der Waals surface area contributed by atoms with Crippen molar-refractivity contribution < 1.29 is 4.79 Å². The molecule has 0 aliphatic carbocycles. The second-order valence-electron chi connectivity index (χ2n) is 5.06. The van der Waals surface area contributed by atoms with Crippen molar-refractivity contribution in [2.75, 3.05) is 5.32 Å². The third kappa shape index (κ3) is 3.75. The molecule has 0 radical (unpaired) electrons. The maximum absolute atomic E-state index is 12.5. The molecule has 0 saturated carbocycles. The molecule has 3 rings (SSSR count). The van der Waals surface area contributed by atoms with Crippen LogP contribution in [0.15, 0.2) is 65.1 Å². The third-order valence-electron chi connectivity index (χ3n) is 3.42. The molecule has 0 unspecified atom stereocenters. The van der Waals surface area contributed by atoms with Crippen molar-refractivity contribution in [1.29, 1.82) is 0 Å². The van der Waals surface area contributed by atoms with Crippen LogP contribution in [0.25, 0.3) is 10.8 Å². The molecule has 24 heavy (non-hydrogen) atoms. The van der Waals surface area contributed by atoms with Crippen molar-refractivity contribution in [3.05, 3.63) is 75.7 Å². The fourth-order valence-corrected chi connectivity index (χ4v) is 3.22. The van der Waals surface area contributed by atoms with E-state index in [0.717, 1.165) is 20.9 Å². The highest BCUT2D eigenvalue weighted by atomic mass is 79.9. The van der Waals surface area contributed by atoms with Crippen LogP contribution in [0.2, 0.25) is 5.02 Å². The van der Waals surface area contributed by atoms with Crippen LogP contribution >= 0.6 is 39.7 Å². The van der Waals surface area contributed by atoms with Gasteiger partial charge in [-0.1, -0.05) is 57.9 Å². The summed E-state index contributed by atoms with van der Waals surface area (Å²) < 4.78 is 0.922. The molecule has 3 nitrogen and oxygen atoms in total. The predicted octanol–water partition coefficient (Wildman–Crippen LogP) is 5.38. The molecule has 0 aliphatic rings. The van der Waals surface area contributed by atoms with Crippen LogP contribution < -0.4 is 10.6 Å². The number of rotatable bonds is 2. The van der Waals surface area contributed by atoms with Gasteiger partial charge in [0, 0.05) is 26.1 Å². The Kier molecular flexibility index (Phi) is 5.14. The van der Waals surface area contributed by atoms with Gasteiger partial charge in [-0.05, 0) is 47.9 Å². The Morgan fingerprint density at radius 1 is 1.00 bits per heavy atom. The number of hydrogen-bond acceptors (Lipinski definition) is 2. The molecule has 0 aliphatic heterocycles. The summed E-state index contributed by atoms with van der Waals surface area (Å²) in [6.07, 6.45) is 0. The van der Waals surface area contributed by atoms with Crippen molar-refractivity contribution in [3.63, 3.8) is 0 Å². The summed E-state index contributed by atoms with van der Waals surface area (Å²) >= 11 is 14.8. The minimum Gasteiger partial charge on any atom is -0.332 e. The number of benzene rings is 3. The molecule has 0 heterocycles. The normalized spacial score (nSPS) is 10.4. The third-order valence-corrected chi connectivity index (χ3v) is 4.45. The second kappa shape index (κ2) is 7.30. The molecule has 6 heteroatoms. The number of carbonyl (C=O) groups is 1. The van der Waals surface area contributed by atoms with E-state index in [1.165, 1.54) is 0 Å². The molecular formula is C18H12BrClN2OS. The zero-order chi connectivity index (χ0) is 17.1. The van der Waals surface area contributed by atoms with Gasteiger partial charge in [0.25, 0.3) is 5.91 Å². The van der Waals surface area contributed by atoms with E-state index in [-0.39, 0.29) is 11.0 Å². The van der Waals surface area contributed by atoms with E-state index in [9.17, 15) is 4.79 Å². The topological polar surface area (TPSA) is 41.1 Å². The molecule has 0 atom stereocenters. The quantitative estimate of drug-likeness (QED) is 0.548. The lowest BCUT2D eigenvalue weighted by Crippen LogP contribution is -2.34. The molecule has 0 aromatic heterocycles. The van der Waals surface area contributed by atoms with Crippen LogP contribution in [0.4, 0.5) is 5.69 Å². The Morgan fingerprint density at radius 3 is 2.50 bits per heavy atom. The van der Waals surface area contributed by atoms with Gasteiger partial charge in [-0.25, -0.2) is 0 Å². The molecule has 3 aromatic carbocycles. The summed E-state index contributed by atoms with van der Waals surface area (Å²) in [5, 5.41) is 8.14. The first kappa shape index (κ1) is 16.9. The van der Waals surface area contributed by atoms with Gasteiger partial charge in [0.1, 0.15) is 0 Å². The Morgan fingerprint density at radius 2 is 1.71 bits per heavy atom. The molecule has 120 valence electrons. The van der Waals surface area contributed by atoms with Crippen molar-refractivity contribution in [1.82, 2.24) is 5.32 Å². The first-order valence-electron chi connectivity index (χ1n) is 7.10. The van der Waals surface area contributed by atoms with Crippen LogP contribution in [-0.4, -0.2) is 11.0 Å². The maximum Gasteiger partial charge on any atom is 0.258 e. The van der Waals surface area contributed by atoms with Gasteiger partial charge in [-0.2, -0.15) is 0 Å². The Hall–Kier alpha value is -1.95. The number of halogens is 2. The fraction of sp³-hybridized carbons (Fsp3) is 0. The zero-order valence-electron chi connectivity index (χ0n) is 12.3. The van der Waals surface area contributed by atoms with E-state index in [2.05, 4.69) is 26.6 Å². The number of carbonyl (C=O) groups excluding carboxylic acids is 1. The van der Waals surface area contributed by atoms with E-state index in [1.54, 1.807) is 18.2 Å². The van der Waals surface area contributed by atoms with E-state index in [0.29, 0.717) is 10.6 Å². The molecule has 0 saturated heterocycles. The van der Waals surface area contributed by atoms with E-state index >= 15 is 0 Å². The van der Waals surface area contributed by atoms with Crippen LogP contribution in [0.5, 0.6) is 0 Å². The minimum absolute atomic E-state index is 0.233.